The number of carbonyl (C=O) groups is 1. The topological polar surface area (TPSA) is 80.0 Å². The van der Waals surface area contributed by atoms with Crippen molar-refractivity contribution in [1.29, 1.82) is 0 Å². The summed E-state index contributed by atoms with van der Waals surface area (Å²) in [6, 6.07) is 0.256. The highest BCUT2D eigenvalue weighted by Crippen LogP contribution is 2.11. The molecular weight excluding hydrogens is 244 g/mol. The molecule has 1 saturated heterocycles. The van der Waals surface area contributed by atoms with Crippen LogP contribution in [0, 0.1) is 12.8 Å². The number of rotatable bonds is 5. The Morgan fingerprint density at radius 3 is 3.11 bits per heavy atom. The molecular formula is C13H22N4O2. The van der Waals surface area contributed by atoms with Gasteiger partial charge in [-0.05, 0) is 32.2 Å². The molecule has 1 amide bonds. The third-order valence-corrected chi connectivity index (χ3v) is 3.54. The standard InChI is InChI=1S/C13H22N4O2/c1-9-6-7-14-8-11(9)16-12(18)4-3-5-13-15-10(2)17-19-13/h9,11,14H,3-8H2,1-2H3,(H,16,18). The second-order valence-electron chi connectivity index (χ2n) is 5.23. The van der Waals surface area contributed by atoms with Gasteiger partial charge in [0.25, 0.3) is 0 Å². The van der Waals surface area contributed by atoms with Crippen LogP contribution in [0.4, 0.5) is 0 Å². The summed E-state index contributed by atoms with van der Waals surface area (Å²) in [7, 11) is 0. The summed E-state index contributed by atoms with van der Waals surface area (Å²) < 4.78 is 5.01. The lowest BCUT2D eigenvalue weighted by Gasteiger charge is -2.30. The quantitative estimate of drug-likeness (QED) is 0.824. The Hall–Kier alpha value is -1.43. The van der Waals surface area contributed by atoms with Crippen LogP contribution in [0.2, 0.25) is 0 Å². The zero-order valence-corrected chi connectivity index (χ0v) is 11.6. The Bertz CT molecular complexity index is 419. The molecule has 1 aliphatic rings. The molecule has 1 fully saturated rings. The van der Waals surface area contributed by atoms with Gasteiger partial charge in [-0.2, -0.15) is 4.98 Å². The number of hydrogen-bond acceptors (Lipinski definition) is 5. The maximum atomic E-state index is 11.8. The van der Waals surface area contributed by atoms with Crippen LogP contribution in [0.3, 0.4) is 0 Å². The summed E-state index contributed by atoms with van der Waals surface area (Å²) >= 11 is 0. The van der Waals surface area contributed by atoms with Crippen molar-refractivity contribution in [3.8, 4) is 0 Å². The normalized spacial score (nSPS) is 23.3. The van der Waals surface area contributed by atoms with E-state index < -0.39 is 0 Å². The number of aryl methyl sites for hydroxylation is 2. The Morgan fingerprint density at radius 2 is 2.42 bits per heavy atom. The molecule has 2 rings (SSSR count). The first-order chi connectivity index (χ1) is 9.15. The zero-order valence-electron chi connectivity index (χ0n) is 11.6. The summed E-state index contributed by atoms with van der Waals surface area (Å²) in [4.78, 5) is 16.0. The van der Waals surface area contributed by atoms with E-state index in [-0.39, 0.29) is 11.9 Å². The first-order valence-electron chi connectivity index (χ1n) is 6.94. The minimum Gasteiger partial charge on any atom is -0.352 e. The number of carbonyl (C=O) groups excluding carboxylic acids is 1. The van der Waals surface area contributed by atoms with Crippen molar-refractivity contribution in [3.05, 3.63) is 11.7 Å². The first-order valence-corrected chi connectivity index (χ1v) is 6.94. The molecule has 2 heterocycles. The predicted molar refractivity (Wildman–Crippen MR) is 70.6 cm³/mol. The van der Waals surface area contributed by atoms with Crippen molar-refractivity contribution < 1.29 is 9.32 Å². The van der Waals surface area contributed by atoms with Crippen LogP contribution in [0.15, 0.2) is 4.52 Å². The lowest BCUT2D eigenvalue weighted by atomic mass is 9.94. The number of amides is 1. The van der Waals surface area contributed by atoms with Gasteiger partial charge in [0.1, 0.15) is 0 Å². The van der Waals surface area contributed by atoms with Crippen LogP contribution < -0.4 is 10.6 Å². The Labute approximate surface area is 113 Å². The van der Waals surface area contributed by atoms with Crippen LogP contribution in [0.1, 0.15) is 37.9 Å². The van der Waals surface area contributed by atoms with E-state index in [1.165, 1.54) is 0 Å². The van der Waals surface area contributed by atoms with Gasteiger partial charge in [-0.3, -0.25) is 4.79 Å². The van der Waals surface area contributed by atoms with Crippen LogP contribution in [-0.4, -0.2) is 35.2 Å². The maximum absolute atomic E-state index is 11.8. The average molecular weight is 266 g/mol. The zero-order chi connectivity index (χ0) is 13.7. The molecule has 0 bridgehead atoms. The number of nitrogens with one attached hydrogen (secondary N) is 2. The first kappa shape index (κ1) is 14.0. The molecule has 106 valence electrons. The Morgan fingerprint density at radius 1 is 1.58 bits per heavy atom. The van der Waals surface area contributed by atoms with Gasteiger partial charge < -0.3 is 15.2 Å². The fraction of sp³-hybridized carbons (Fsp3) is 0.769. The molecule has 6 nitrogen and oxygen atoms in total. The molecule has 6 heteroatoms. The van der Waals surface area contributed by atoms with Crippen molar-refractivity contribution >= 4 is 5.91 Å². The van der Waals surface area contributed by atoms with Gasteiger partial charge in [0.15, 0.2) is 5.82 Å². The van der Waals surface area contributed by atoms with Gasteiger partial charge in [-0.1, -0.05) is 12.1 Å². The molecule has 0 saturated carbocycles. The third kappa shape index (κ3) is 4.31. The maximum Gasteiger partial charge on any atom is 0.226 e. The highest BCUT2D eigenvalue weighted by molar-refractivity contribution is 5.76. The van der Waals surface area contributed by atoms with Crippen molar-refractivity contribution in [2.45, 2.75) is 45.6 Å². The van der Waals surface area contributed by atoms with E-state index >= 15 is 0 Å². The Kier molecular flexibility index (Phi) is 4.90. The van der Waals surface area contributed by atoms with Gasteiger partial charge in [0.05, 0.1) is 0 Å². The van der Waals surface area contributed by atoms with Crippen molar-refractivity contribution in [2.24, 2.45) is 5.92 Å². The fourth-order valence-corrected chi connectivity index (χ4v) is 2.30. The van der Waals surface area contributed by atoms with Crippen molar-refractivity contribution in [3.63, 3.8) is 0 Å². The summed E-state index contributed by atoms with van der Waals surface area (Å²) in [6.07, 6.45) is 3.02. The molecule has 2 unspecified atom stereocenters. The largest absolute Gasteiger partial charge is 0.352 e. The third-order valence-electron chi connectivity index (χ3n) is 3.54. The van der Waals surface area contributed by atoms with Crippen molar-refractivity contribution in [1.82, 2.24) is 20.8 Å². The molecule has 19 heavy (non-hydrogen) atoms. The number of hydrogen-bond donors (Lipinski definition) is 2. The van der Waals surface area contributed by atoms with E-state index in [1.807, 2.05) is 0 Å². The second kappa shape index (κ2) is 6.65. The SMILES string of the molecule is Cc1noc(CCCC(=O)NC2CNCCC2C)n1. The smallest absolute Gasteiger partial charge is 0.226 e. The summed E-state index contributed by atoms with van der Waals surface area (Å²) in [5.74, 6) is 1.90. The summed E-state index contributed by atoms with van der Waals surface area (Å²) in [6.45, 7) is 5.89. The van der Waals surface area contributed by atoms with E-state index in [2.05, 4.69) is 27.7 Å². The van der Waals surface area contributed by atoms with E-state index in [4.69, 9.17) is 4.52 Å². The molecule has 1 aromatic rings. The lowest BCUT2D eigenvalue weighted by Crippen LogP contribution is -2.50. The second-order valence-corrected chi connectivity index (χ2v) is 5.23. The predicted octanol–water partition coefficient (Wildman–Crippen LogP) is 0.815. The molecule has 1 aromatic heterocycles. The van der Waals surface area contributed by atoms with Gasteiger partial charge in [0, 0.05) is 25.4 Å². The van der Waals surface area contributed by atoms with E-state index in [1.54, 1.807) is 6.92 Å². The van der Waals surface area contributed by atoms with Gasteiger partial charge in [-0.15, -0.1) is 0 Å². The summed E-state index contributed by atoms with van der Waals surface area (Å²) in [5.41, 5.74) is 0. The van der Waals surface area contributed by atoms with Gasteiger partial charge >= 0.3 is 0 Å². The number of nitrogens with zero attached hydrogens (tertiary/aromatic N) is 2. The Balaban J connectivity index is 1.66. The molecule has 0 radical (unpaired) electrons. The minimum atomic E-state index is 0.108. The van der Waals surface area contributed by atoms with Crippen molar-refractivity contribution in [2.75, 3.05) is 13.1 Å². The molecule has 0 aliphatic carbocycles. The minimum absolute atomic E-state index is 0.108. The van der Waals surface area contributed by atoms with Gasteiger partial charge in [0.2, 0.25) is 11.8 Å². The fourth-order valence-electron chi connectivity index (χ4n) is 2.30. The van der Waals surface area contributed by atoms with Crippen LogP contribution in [-0.2, 0) is 11.2 Å². The van der Waals surface area contributed by atoms with E-state index in [0.717, 1.165) is 25.9 Å². The average Bonchev–Trinajstić information content (AvgIpc) is 2.78. The number of aromatic nitrogens is 2. The molecule has 0 spiro atoms. The molecule has 1 aliphatic heterocycles. The monoisotopic (exact) mass is 266 g/mol. The van der Waals surface area contributed by atoms with E-state index in [9.17, 15) is 4.79 Å². The van der Waals surface area contributed by atoms with Gasteiger partial charge in [-0.25, -0.2) is 0 Å². The van der Waals surface area contributed by atoms with Crippen LogP contribution in [0.25, 0.3) is 0 Å². The van der Waals surface area contributed by atoms with E-state index in [0.29, 0.717) is 30.5 Å². The molecule has 0 aromatic carbocycles. The van der Waals surface area contributed by atoms with Crippen LogP contribution >= 0.6 is 0 Å². The lowest BCUT2D eigenvalue weighted by molar-refractivity contribution is -0.122. The molecule has 2 atom stereocenters. The molecule has 2 N–H and O–H groups in total. The highest BCUT2D eigenvalue weighted by atomic mass is 16.5. The number of piperidine rings is 1. The van der Waals surface area contributed by atoms with Crippen LogP contribution in [0.5, 0.6) is 0 Å². The summed E-state index contributed by atoms with van der Waals surface area (Å²) in [5, 5.41) is 10.1. The highest BCUT2D eigenvalue weighted by Gasteiger charge is 2.22.